The summed E-state index contributed by atoms with van der Waals surface area (Å²) >= 11 is 0. The van der Waals surface area contributed by atoms with Gasteiger partial charge in [0.05, 0.1) is 18.2 Å². The quantitative estimate of drug-likeness (QED) is 0.830. The molecule has 1 aliphatic carbocycles. The molecular formula is C23H19FN4O2. The van der Waals surface area contributed by atoms with E-state index >= 15 is 0 Å². The van der Waals surface area contributed by atoms with Crippen molar-refractivity contribution >= 4 is 23.6 Å². The fourth-order valence-electron chi connectivity index (χ4n) is 3.26. The van der Waals surface area contributed by atoms with Crippen molar-refractivity contribution in [2.75, 3.05) is 0 Å². The Balaban J connectivity index is 1.60. The van der Waals surface area contributed by atoms with Gasteiger partial charge in [-0.1, -0.05) is 60.7 Å². The lowest BCUT2D eigenvalue weighted by Gasteiger charge is -2.31. The third-order valence-electron chi connectivity index (χ3n) is 4.77. The van der Waals surface area contributed by atoms with Gasteiger partial charge in [-0.15, -0.1) is 0 Å². The number of urea groups is 2. The number of hydrogen-bond acceptors (Lipinski definition) is 2. The molecule has 0 bridgehead atoms. The summed E-state index contributed by atoms with van der Waals surface area (Å²) in [5, 5.41) is 2.75. The molecule has 1 heterocycles. The summed E-state index contributed by atoms with van der Waals surface area (Å²) in [6.45, 7) is 0.457. The number of carbonyl (C=O) groups is 2. The zero-order chi connectivity index (χ0) is 20.9. The first-order chi connectivity index (χ1) is 14.6. The molecule has 0 saturated heterocycles. The Morgan fingerprint density at radius 3 is 2.60 bits per heavy atom. The number of aliphatic imine (C=N–C) groups is 2. The largest absolute Gasteiger partial charge is 0.349 e. The summed E-state index contributed by atoms with van der Waals surface area (Å²) < 4.78 is 13.2. The van der Waals surface area contributed by atoms with Crippen LogP contribution in [0.3, 0.4) is 0 Å². The topological polar surface area (TPSA) is 74.1 Å². The van der Waals surface area contributed by atoms with Gasteiger partial charge in [0.25, 0.3) is 0 Å². The Morgan fingerprint density at radius 1 is 1.07 bits per heavy atom. The number of allylic oxidation sites excluding steroid dienone is 3. The Labute approximate surface area is 173 Å². The SMILES string of the molecule is O=C(/N=C1/C2C=CC=CC2=NC(=O)N1Cc1ccc(F)cc1)NCc1ccccc1. The van der Waals surface area contributed by atoms with Gasteiger partial charge in [-0.05, 0) is 29.3 Å². The van der Waals surface area contributed by atoms with E-state index in [-0.39, 0.29) is 12.4 Å². The number of hydrogen-bond donors (Lipinski definition) is 1. The number of rotatable bonds is 4. The molecule has 7 heteroatoms. The monoisotopic (exact) mass is 402 g/mol. The summed E-state index contributed by atoms with van der Waals surface area (Å²) in [4.78, 5) is 34.9. The Hall–Kier alpha value is -3.87. The molecular weight excluding hydrogens is 383 g/mol. The van der Waals surface area contributed by atoms with Crippen LogP contribution in [0, 0.1) is 11.7 Å². The molecule has 1 N–H and O–H groups in total. The van der Waals surface area contributed by atoms with Crippen molar-refractivity contribution in [2.45, 2.75) is 13.1 Å². The van der Waals surface area contributed by atoms with E-state index in [0.29, 0.717) is 23.7 Å². The number of fused-ring (bicyclic) bond motifs is 1. The second-order valence-corrected chi connectivity index (χ2v) is 6.87. The van der Waals surface area contributed by atoms with Crippen molar-refractivity contribution in [1.29, 1.82) is 0 Å². The number of carbonyl (C=O) groups excluding carboxylic acids is 2. The maximum atomic E-state index is 13.2. The first-order valence-electron chi connectivity index (χ1n) is 9.50. The fraction of sp³-hybridized carbons (Fsp3) is 0.130. The van der Waals surface area contributed by atoms with Gasteiger partial charge in [0.2, 0.25) is 0 Å². The maximum Gasteiger partial charge on any atom is 0.349 e. The standard InChI is InChI=1S/C23H19FN4O2/c24-18-12-10-17(11-13-18)15-28-21(19-8-4-5-9-20(19)26-23(28)30)27-22(29)25-14-16-6-2-1-3-7-16/h1-13,19H,14-15H2,(H,25,29)/b27-21-. The van der Waals surface area contributed by atoms with E-state index in [0.717, 1.165) is 5.56 Å². The van der Waals surface area contributed by atoms with E-state index in [2.05, 4.69) is 15.3 Å². The molecule has 0 radical (unpaired) electrons. The molecule has 1 unspecified atom stereocenters. The minimum Gasteiger partial charge on any atom is -0.332 e. The van der Waals surface area contributed by atoms with Gasteiger partial charge >= 0.3 is 12.1 Å². The molecule has 6 nitrogen and oxygen atoms in total. The van der Waals surface area contributed by atoms with Gasteiger partial charge in [-0.25, -0.2) is 14.0 Å². The Bertz CT molecular complexity index is 1070. The minimum absolute atomic E-state index is 0.134. The van der Waals surface area contributed by atoms with Gasteiger partial charge in [0.1, 0.15) is 11.7 Å². The van der Waals surface area contributed by atoms with Crippen LogP contribution < -0.4 is 5.32 Å². The zero-order valence-electron chi connectivity index (χ0n) is 16.0. The molecule has 2 aliphatic rings. The van der Waals surface area contributed by atoms with Crippen LogP contribution in [0.1, 0.15) is 11.1 Å². The maximum absolute atomic E-state index is 13.2. The third kappa shape index (κ3) is 4.41. The van der Waals surface area contributed by atoms with Crippen LogP contribution in [0.2, 0.25) is 0 Å². The average Bonchev–Trinajstić information content (AvgIpc) is 2.77. The number of benzene rings is 2. The molecule has 0 saturated carbocycles. The average molecular weight is 402 g/mol. The van der Waals surface area contributed by atoms with E-state index in [1.807, 2.05) is 42.5 Å². The second kappa shape index (κ2) is 8.65. The molecule has 1 aliphatic heterocycles. The molecule has 2 aromatic rings. The first kappa shape index (κ1) is 19.4. The summed E-state index contributed by atoms with van der Waals surface area (Å²) in [6.07, 6.45) is 7.18. The Morgan fingerprint density at radius 2 is 1.83 bits per heavy atom. The molecule has 0 aromatic heterocycles. The summed E-state index contributed by atoms with van der Waals surface area (Å²) in [7, 11) is 0. The van der Waals surface area contributed by atoms with Crippen LogP contribution in [0.5, 0.6) is 0 Å². The molecule has 0 fully saturated rings. The fourth-order valence-corrected chi connectivity index (χ4v) is 3.26. The number of nitrogens with zero attached hydrogens (tertiary/aromatic N) is 3. The highest BCUT2D eigenvalue weighted by Crippen LogP contribution is 2.23. The Kier molecular flexibility index (Phi) is 5.61. The van der Waals surface area contributed by atoms with Gasteiger partial charge in [0.15, 0.2) is 0 Å². The van der Waals surface area contributed by atoms with Gasteiger partial charge in [-0.2, -0.15) is 9.98 Å². The molecule has 150 valence electrons. The second-order valence-electron chi connectivity index (χ2n) is 6.87. The van der Waals surface area contributed by atoms with E-state index in [1.54, 1.807) is 24.3 Å². The summed E-state index contributed by atoms with van der Waals surface area (Å²) in [6, 6.07) is 14.2. The summed E-state index contributed by atoms with van der Waals surface area (Å²) in [5.41, 5.74) is 2.18. The van der Waals surface area contributed by atoms with Crippen molar-refractivity contribution in [3.05, 3.63) is 95.8 Å². The van der Waals surface area contributed by atoms with Crippen LogP contribution in [-0.4, -0.2) is 28.5 Å². The van der Waals surface area contributed by atoms with Gasteiger partial charge < -0.3 is 5.32 Å². The van der Waals surface area contributed by atoms with Crippen molar-refractivity contribution in [3.63, 3.8) is 0 Å². The lowest BCUT2D eigenvalue weighted by Crippen LogP contribution is -2.46. The van der Waals surface area contributed by atoms with E-state index in [1.165, 1.54) is 17.0 Å². The van der Waals surface area contributed by atoms with E-state index < -0.39 is 18.0 Å². The van der Waals surface area contributed by atoms with Gasteiger partial charge in [0, 0.05) is 6.54 Å². The molecule has 4 amide bonds. The van der Waals surface area contributed by atoms with Crippen molar-refractivity contribution in [2.24, 2.45) is 15.9 Å². The first-order valence-corrected chi connectivity index (χ1v) is 9.50. The van der Waals surface area contributed by atoms with E-state index in [4.69, 9.17) is 0 Å². The third-order valence-corrected chi connectivity index (χ3v) is 4.77. The van der Waals surface area contributed by atoms with Crippen LogP contribution in [0.4, 0.5) is 14.0 Å². The molecule has 1 atom stereocenters. The van der Waals surface area contributed by atoms with Crippen LogP contribution in [-0.2, 0) is 13.1 Å². The van der Waals surface area contributed by atoms with Crippen LogP contribution >= 0.6 is 0 Å². The highest BCUT2D eigenvalue weighted by Gasteiger charge is 2.34. The lowest BCUT2D eigenvalue weighted by atomic mass is 9.94. The minimum atomic E-state index is -0.546. The number of halogens is 1. The van der Waals surface area contributed by atoms with E-state index in [9.17, 15) is 14.0 Å². The number of amides is 4. The number of amidine groups is 1. The molecule has 30 heavy (non-hydrogen) atoms. The van der Waals surface area contributed by atoms with Gasteiger partial charge in [-0.3, -0.25) is 4.90 Å². The highest BCUT2D eigenvalue weighted by atomic mass is 19.1. The molecule has 4 rings (SSSR count). The van der Waals surface area contributed by atoms with Crippen molar-refractivity contribution in [1.82, 2.24) is 10.2 Å². The lowest BCUT2D eigenvalue weighted by molar-refractivity contribution is 0.226. The molecule has 0 spiro atoms. The number of nitrogens with one attached hydrogen (secondary N) is 1. The van der Waals surface area contributed by atoms with Crippen molar-refractivity contribution in [3.8, 4) is 0 Å². The summed E-state index contributed by atoms with van der Waals surface area (Å²) in [5.74, 6) is -0.477. The normalized spacial score (nSPS) is 18.9. The predicted molar refractivity (Wildman–Crippen MR) is 113 cm³/mol. The van der Waals surface area contributed by atoms with Crippen LogP contribution in [0.25, 0.3) is 0 Å². The highest BCUT2D eigenvalue weighted by molar-refractivity contribution is 6.24. The zero-order valence-corrected chi connectivity index (χ0v) is 16.0. The van der Waals surface area contributed by atoms with Crippen LogP contribution in [0.15, 0.2) is 88.9 Å². The van der Waals surface area contributed by atoms with Crippen molar-refractivity contribution < 1.29 is 14.0 Å². The molecule has 2 aromatic carbocycles. The smallest absolute Gasteiger partial charge is 0.332 e. The predicted octanol–water partition coefficient (Wildman–Crippen LogP) is 4.25.